The van der Waals surface area contributed by atoms with E-state index >= 15 is 0 Å². The molecule has 26 heavy (non-hydrogen) atoms. The molecule has 0 fully saturated rings. The molecule has 0 saturated heterocycles. The van der Waals surface area contributed by atoms with Crippen molar-refractivity contribution in [3.63, 3.8) is 0 Å². The Bertz CT molecular complexity index is 931. The van der Waals surface area contributed by atoms with Gasteiger partial charge in [-0.1, -0.05) is 6.07 Å². The molecule has 0 atom stereocenters. The number of carbonyl (C=O) groups excluding carboxylic acids is 1. The lowest BCUT2D eigenvalue weighted by Crippen LogP contribution is -2.09. The van der Waals surface area contributed by atoms with Gasteiger partial charge in [-0.2, -0.15) is 0 Å². The molecule has 0 unspecified atom stereocenters. The maximum Gasteiger partial charge on any atom is 0.338 e. The summed E-state index contributed by atoms with van der Waals surface area (Å²) in [6.45, 7) is 5.97. The first-order chi connectivity index (χ1) is 12.5. The van der Waals surface area contributed by atoms with Crippen LogP contribution in [0.25, 0.3) is 5.65 Å². The van der Waals surface area contributed by atoms with E-state index in [0.29, 0.717) is 22.8 Å². The fourth-order valence-electron chi connectivity index (χ4n) is 2.59. The summed E-state index contributed by atoms with van der Waals surface area (Å²) < 4.78 is 18.3. The number of imidazole rings is 1. The predicted molar refractivity (Wildman–Crippen MR) is 97.8 cm³/mol. The number of hydrogen-bond donors (Lipinski definition) is 0. The van der Waals surface area contributed by atoms with Crippen LogP contribution in [0.3, 0.4) is 0 Å². The van der Waals surface area contributed by atoms with Crippen molar-refractivity contribution < 1.29 is 19.0 Å². The number of benzene rings is 1. The monoisotopic (exact) mass is 354 g/mol. The molecule has 6 heteroatoms. The van der Waals surface area contributed by atoms with E-state index in [-0.39, 0.29) is 12.7 Å². The van der Waals surface area contributed by atoms with Crippen molar-refractivity contribution >= 4 is 11.6 Å². The second kappa shape index (κ2) is 7.47. The molecule has 0 radical (unpaired) electrons. The van der Waals surface area contributed by atoms with Crippen LogP contribution in [0.2, 0.25) is 0 Å². The van der Waals surface area contributed by atoms with E-state index in [4.69, 9.17) is 14.2 Å². The molecule has 0 aliphatic heterocycles. The van der Waals surface area contributed by atoms with E-state index in [2.05, 4.69) is 4.98 Å². The van der Waals surface area contributed by atoms with Crippen molar-refractivity contribution in [2.24, 2.45) is 0 Å². The number of pyridine rings is 1. The number of methoxy groups -OCH3 is 1. The Morgan fingerprint density at radius 3 is 2.69 bits per heavy atom. The van der Waals surface area contributed by atoms with Crippen molar-refractivity contribution in [3.05, 3.63) is 59.5 Å². The largest absolute Gasteiger partial charge is 0.493 e. The molecule has 1 aromatic carbocycles. The summed E-state index contributed by atoms with van der Waals surface area (Å²) in [4.78, 5) is 16.8. The molecule has 0 saturated carbocycles. The van der Waals surface area contributed by atoms with Crippen molar-refractivity contribution in [1.29, 1.82) is 0 Å². The molecule has 6 nitrogen and oxygen atoms in total. The number of ether oxygens (including phenoxy) is 3. The minimum atomic E-state index is -0.437. The van der Waals surface area contributed by atoms with Gasteiger partial charge >= 0.3 is 5.97 Å². The molecule has 2 aromatic heterocycles. The third kappa shape index (κ3) is 3.96. The van der Waals surface area contributed by atoms with Crippen molar-refractivity contribution in [3.8, 4) is 11.5 Å². The van der Waals surface area contributed by atoms with E-state index in [9.17, 15) is 4.79 Å². The van der Waals surface area contributed by atoms with Crippen LogP contribution in [-0.2, 0) is 11.3 Å². The molecule has 0 amide bonds. The quantitative estimate of drug-likeness (QED) is 0.630. The molecule has 0 aliphatic carbocycles. The molecular weight excluding hydrogens is 332 g/mol. The Kier molecular flexibility index (Phi) is 5.11. The van der Waals surface area contributed by atoms with Crippen LogP contribution in [0, 0.1) is 6.92 Å². The number of aromatic nitrogens is 2. The van der Waals surface area contributed by atoms with Gasteiger partial charge in [0.15, 0.2) is 11.5 Å². The van der Waals surface area contributed by atoms with Gasteiger partial charge in [0.2, 0.25) is 0 Å². The second-order valence-corrected chi connectivity index (χ2v) is 6.31. The van der Waals surface area contributed by atoms with Crippen LogP contribution in [0.1, 0.15) is 35.5 Å². The maximum atomic E-state index is 12.3. The van der Waals surface area contributed by atoms with Crippen LogP contribution in [0.5, 0.6) is 11.5 Å². The van der Waals surface area contributed by atoms with Crippen LogP contribution in [0.4, 0.5) is 0 Å². The molecule has 3 rings (SSSR count). The number of aryl methyl sites for hydroxylation is 1. The van der Waals surface area contributed by atoms with Gasteiger partial charge in [0, 0.05) is 12.4 Å². The normalized spacial score (nSPS) is 11.0. The standard InChI is InChI=1S/C20H22N2O4/c1-13(2)26-17-7-6-15(9-18(17)24-4)20(23)25-12-16-11-22-10-14(3)5-8-19(22)21-16/h5-11,13H,12H2,1-4H3. The summed E-state index contributed by atoms with van der Waals surface area (Å²) in [5, 5.41) is 0. The molecule has 0 aliphatic rings. The Morgan fingerprint density at radius 2 is 1.96 bits per heavy atom. The molecule has 3 aromatic rings. The van der Waals surface area contributed by atoms with Gasteiger partial charge in [-0.3, -0.25) is 0 Å². The first-order valence-corrected chi connectivity index (χ1v) is 8.42. The summed E-state index contributed by atoms with van der Waals surface area (Å²) >= 11 is 0. The maximum absolute atomic E-state index is 12.3. The van der Waals surface area contributed by atoms with Gasteiger partial charge in [-0.15, -0.1) is 0 Å². The highest BCUT2D eigenvalue weighted by molar-refractivity contribution is 5.90. The summed E-state index contributed by atoms with van der Waals surface area (Å²) in [5.74, 6) is 0.652. The fourth-order valence-corrected chi connectivity index (χ4v) is 2.59. The van der Waals surface area contributed by atoms with E-state index in [1.54, 1.807) is 18.2 Å². The van der Waals surface area contributed by atoms with E-state index in [1.807, 2.05) is 49.7 Å². The number of rotatable bonds is 6. The minimum absolute atomic E-state index is 0.0142. The number of hydrogen-bond acceptors (Lipinski definition) is 5. The average Bonchev–Trinajstić information content (AvgIpc) is 3.01. The van der Waals surface area contributed by atoms with Crippen molar-refractivity contribution in [1.82, 2.24) is 9.38 Å². The molecule has 0 N–H and O–H groups in total. The predicted octanol–water partition coefficient (Wildman–Crippen LogP) is 3.80. The highest BCUT2D eigenvalue weighted by atomic mass is 16.5. The van der Waals surface area contributed by atoms with Crippen molar-refractivity contribution in [2.45, 2.75) is 33.5 Å². The Morgan fingerprint density at radius 1 is 1.15 bits per heavy atom. The van der Waals surface area contributed by atoms with Gasteiger partial charge < -0.3 is 18.6 Å². The van der Waals surface area contributed by atoms with Crippen LogP contribution in [-0.4, -0.2) is 28.6 Å². The zero-order valence-electron chi connectivity index (χ0n) is 15.4. The average molecular weight is 354 g/mol. The number of nitrogens with zero attached hydrogens (tertiary/aromatic N) is 2. The molecule has 2 heterocycles. The highest BCUT2D eigenvalue weighted by Crippen LogP contribution is 2.29. The van der Waals surface area contributed by atoms with Crippen molar-refractivity contribution in [2.75, 3.05) is 7.11 Å². The van der Waals surface area contributed by atoms with Crippen LogP contribution < -0.4 is 9.47 Å². The van der Waals surface area contributed by atoms with Gasteiger partial charge in [0.25, 0.3) is 0 Å². The number of fused-ring (bicyclic) bond motifs is 1. The lowest BCUT2D eigenvalue weighted by atomic mass is 10.2. The smallest absolute Gasteiger partial charge is 0.338 e. The van der Waals surface area contributed by atoms with Gasteiger partial charge in [0.05, 0.1) is 24.5 Å². The van der Waals surface area contributed by atoms with Crippen LogP contribution >= 0.6 is 0 Å². The zero-order valence-corrected chi connectivity index (χ0v) is 15.4. The third-order valence-electron chi connectivity index (χ3n) is 3.76. The van der Waals surface area contributed by atoms with Crippen LogP contribution in [0.15, 0.2) is 42.7 Å². The van der Waals surface area contributed by atoms with E-state index < -0.39 is 5.97 Å². The number of carbonyl (C=O) groups is 1. The first-order valence-electron chi connectivity index (χ1n) is 8.42. The third-order valence-corrected chi connectivity index (χ3v) is 3.76. The molecular formula is C20H22N2O4. The lowest BCUT2D eigenvalue weighted by Gasteiger charge is -2.14. The Labute approximate surface area is 152 Å². The fraction of sp³-hybridized carbons (Fsp3) is 0.300. The zero-order chi connectivity index (χ0) is 18.7. The summed E-state index contributed by atoms with van der Waals surface area (Å²) in [7, 11) is 1.54. The molecule has 136 valence electrons. The van der Waals surface area contributed by atoms with E-state index in [0.717, 1.165) is 11.2 Å². The molecule has 0 bridgehead atoms. The Balaban J connectivity index is 1.70. The topological polar surface area (TPSA) is 62.1 Å². The van der Waals surface area contributed by atoms with Gasteiger partial charge in [0.1, 0.15) is 12.3 Å². The van der Waals surface area contributed by atoms with E-state index in [1.165, 1.54) is 7.11 Å². The van der Waals surface area contributed by atoms with Gasteiger partial charge in [-0.25, -0.2) is 9.78 Å². The number of esters is 1. The Hall–Kier alpha value is -3.02. The molecule has 0 spiro atoms. The summed E-state index contributed by atoms with van der Waals surface area (Å²) in [5.41, 5.74) is 3.04. The van der Waals surface area contributed by atoms with Gasteiger partial charge in [-0.05, 0) is 50.6 Å². The summed E-state index contributed by atoms with van der Waals surface area (Å²) in [6, 6.07) is 8.91. The minimum Gasteiger partial charge on any atom is -0.493 e. The summed E-state index contributed by atoms with van der Waals surface area (Å²) in [6.07, 6.45) is 3.85. The lowest BCUT2D eigenvalue weighted by molar-refractivity contribution is 0.0468. The SMILES string of the molecule is COc1cc(C(=O)OCc2cn3cc(C)ccc3n2)ccc1OC(C)C. The first kappa shape index (κ1) is 17.8. The second-order valence-electron chi connectivity index (χ2n) is 6.31. The highest BCUT2D eigenvalue weighted by Gasteiger charge is 2.14.